The second-order valence-corrected chi connectivity index (χ2v) is 14.2. The Bertz CT molecular complexity index is 580. The molecule has 1 aromatic rings. The van der Waals surface area contributed by atoms with E-state index in [1.165, 1.54) is 4.78 Å². The molecule has 0 aromatic heterocycles. The van der Waals surface area contributed by atoms with Crippen molar-refractivity contribution in [3.8, 4) is 5.75 Å². The van der Waals surface area contributed by atoms with E-state index in [-0.39, 0.29) is 5.34 Å². The summed E-state index contributed by atoms with van der Waals surface area (Å²) in [6.45, 7) is 4.15. The molecule has 0 spiro atoms. The fraction of sp³-hybridized carbons (Fsp3) is 0.462. The molecule has 0 heterocycles. The van der Waals surface area contributed by atoms with Crippen LogP contribution in [0.25, 0.3) is 0 Å². The molecule has 22 heavy (non-hydrogen) atoms. The topological polar surface area (TPSA) is 24.8 Å². The third-order valence-corrected chi connectivity index (χ3v) is 7.49. The van der Waals surface area contributed by atoms with Crippen LogP contribution in [-0.2, 0) is 23.6 Å². The van der Waals surface area contributed by atoms with Crippen LogP contribution in [0, 0.1) is 0 Å². The molecule has 9 heteroatoms. The summed E-state index contributed by atoms with van der Waals surface area (Å²) in [5.74, 6) is 0.790. The highest BCUT2D eigenvalue weighted by Crippen LogP contribution is 2.59. The monoisotopic (exact) mass is 414 g/mol. The molecule has 1 aromatic carbocycles. The van der Waals surface area contributed by atoms with Crippen LogP contribution in [0.15, 0.2) is 29.4 Å². The normalized spacial score (nSPS) is 15.0. The molecule has 0 fully saturated rings. The van der Waals surface area contributed by atoms with Gasteiger partial charge in [-0.3, -0.25) is 0 Å². The van der Waals surface area contributed by atoms with Gasteiger partial charge in [-0.05, 0) is 77.5 Å². The average Bonchev–Trinajstić information content (AvgIpc) is 2.45. The highest BCUT2D eigenvalue weighted by Gasteiger charge is 2.23. The maximum Gasteiger partial charge on any atom is 0.222 e. The first-order chi connectivity index (χ1) is 10.2. The zero-order valence-electron chi connectivity index (χ0n) is 12.6. The smallest absolute Gasteiger partial charge is 0.222 e. The second-order valence-electron chi connectivity index (χ2n) is 4.86. The van der Waals surface area contributed by atoms with E-state index in [1.807, 2.05) is 31.2 Å². The third kappa shape index (κ3) is 6.78. The van der Waals surface area contributed by atoms with E-state index in [0.29, 0.717) is 0 Å². The van der Waals surface area contributed by atoms with Crippen molar-refractivity contribution >= 4 is 64.6 Å². The molecule has 0 radical (unpaired) electrons. The van der Waals surface area contributed by atoms with E-state index in [0.717, 1.165) is 31.5 Å². The first-order valence-electron chi connectivity index (χ1n) is 6.61. The summed E-state index contributed by atoms with van der Waals surface area (Å²) in [7, 11) is 2.47. The summed E-state index contributed by atoms with van der Waals surface area (Å²) in [6, 6.07) is 7.61. The molecule has 1 rings (SSSR count). The molecular weight excluding hydrogens is 397 g/mol. The van der Waals surface area contributed by atoms with Gasteiger partial charge in [0, 0.05) is 14.4 Å². The Morgan fingerprint density at radius 1 is 1.41 bits per heavy atom. The third-order valence-electron chi connectivity index (χ3n) is 2.84. The van der Waals surface area contributed by atoms with Gasteiger partial charge < -0.3 is 4.74 Å². The fourth-order valence-corrected chi connectivity index (χ4v) is 3.04. The molecule has 1 atom stereocenters. The van der Waals surface area contributed by atoms with Crippen LogP contribution in [0.4, 0.5) is 0 Å². The summed E-state index contributed by atoms with van der Waals surface area (Å²) >= 11 is 21.9. The largest absolute Gasteiger partial charge is 0.478 e. The van der Waals surface area contributed by atoms with Gasteiger partial charge in [0.25, 0.3) is 0 Å². The van der Waals surface area contributed by atoms with Crippen LogP contribution >= 0.6 is 34.7 Å². The van der Waals surface area contributed by atoms with Crippen LogP contribution in [-0.4, -0.2) is 23.4 Å². The maximum atomic E-state index is 6.00. The zero-order chi connectivity index (χ0) is 16.8. The molecule has 122 valence electrons. The molecule has 0 aliphatic heterocycles. The molecular formula is C13H18Cl2N2OP2S2. The summed E-state index contributed by atoms with van der Waals surface area (Å²) in [6.07, 6.45) is 3.61. The molecule has 0 bridgehead atoms. The lowest BCUT2D eigenvalue weighted by Crippen LogP contribution is -2.24. The van der Waals surface area contributed by atoms with Gasteiger partial charge in [-0.15, -0.1) is 0 Å². The maximum absolute atomic E-state index is 6.00. The molecule has 0 aliphatic rings. The lowest BCUT2D eigenvalue weighted by molar-refractivity contribution is 0.173. The summed E-state index contributed by atoms with van der Waals surface area (Å²) in [5.41, 5.74) is 0.907. The van der Waals surface area contributed by atoms with E-state index in [1.54, 1.807) is 13.3 Å². The molecule has 0 N–H and O–H groups in total. The Morgan fingerprint density at radius 2 is 2.00 bits per heavy atom. The van der Waals surface area contributed by atoms with Gasteiger partial charge in [0.1, 0.15) is 5.75 Å². The van der Waals surface area contributed by atoms with Gasteiger partial charge >= 0.3 is 0 Å². The van der Waals surface area contributed by atoms with Gasteiger partial charge in [0.05, 0.1) is 6.21 Å². The van der Waals surface area contributed by atoms with E-state index < -0.39 is 4.89 Å². The summed E-state index contributed by atoms with van der Waals surface area (Å²) < 4.78 is 7.41. The Morgan fingerprint density at radius 3 is 2.45 bits per heavy atom. The number of hydrogen-bond acceptors (Lipinski definition) is 4. The van der Waals surface area contributed by atoms with E-state index in [9.17, 15) is 0 Å². The minimum absolute atomic E-state index is 0.330. The van der Waals surface area contributed by atoms with Gasteiger partial charge in [-0.1, -0.05) is 25.2 Å². The highest BCUT2D eigenvalue weighted by molar-refractivity contribution is 8.37. The number of nitrogens with zero attached hydrogens (tertiary/aromatic N) is 2. The Labute approximate surface area is 153 Å². The van der Waals surface area contributed by atoms with Crippen molar-refractivity contribution in [1.29, 1.82) is 0 Å². The minimum Gasteiger partial charge on any atom is -0.478 e. The number of hydrazone groups is 1. The van der Waals surface area contributed by atoms with Gasteiger partial charge in [-0.25, -0.2) is 4.78 Å². The zero-order valence-corrected chi connectivity index (χ0v) is 17.5. The van der Waals surface area contributed by atoms with Crippen molar-refractivity contribution in [2.45, 2.75) is 32.0 Å². The van der Waals surface area contributed by atoms with Crippen LogP contribution in [0.3, 0.4) is 0 Å². The second kappa shape index (κ2) is 8.92. The van der Waals surface area contributed by atoms with Crippen molar-refractivity contribution < 1.29 is 4.74 Å². The van der Waals surface area contributed by atoms with Gasteiger partial charge in [0.15, 0.2) is 5.34 Å². The fourth-order valence-electron chi connectivity index (χ4n) is 1.67. The first-order valence-corrected chi connectivity index (χ1v) is 13.1. The van der Waals surface area contributed by atoms with Crippen LogP contribution in [0.1, 0.15) is 32.3 Å². The minimum atomic E-state index is -2.57. The Balaban J connectivity index is 2.77. The summed E-state index contributed by atoms with van der Waals surface area (Å²) in [5, 5.41) is 3.82. The molecule has 0 aliphatic carbocycles. The number of rotatable bonds is 8. The van der Waals surface area contributed by atoms with Crippen molar-refractivity contribution in [1.82, 2.24) is 4.78 Å². The Hall–Kier alpha value is 0.240. The highest BCUT2D eigenvalue weighted by atomic mass is 35.9. The van der Waals surface area contributed by atoms with Crippen LogP contribution in [0.2, 0.25) is 0 Å². The molecule has 0 saturated heterocycles. The SMILES string of the molecule is CCCC(C)(Oc1ccc(/C=N/N(C)P(=S)(Cl)Cl)cc1)P=S. The Kier molecular flexibility index (Phi) is 8.22. The predicted octanol–water partition coefficient (Wildman–Crippen LogP) is 5.96. The molecule has 3 nitrogen and oxygen atoms in total. The summed E-state index contributed by atoms with van der Waals surface area (Å²) in [4.78, 5) is -2.57. The van der Waals surface area contributed by atoms with Crippen molar-refractivity contribution in [2.24, 2.45) is 5.10 Å². The van der Waals surface area contributed by atoms with Crippen LogP contribution < -0.4 is 4.74 Å². The van der Waals surface area contributed by atoms with E-state index >= 15 is 0 Å². The lowest BCUT2D eigenvalue weighted by atomic mass is 10.2. The lowest BCUT2D eigenvalue weighted by Gasteiger charge is -2.25. The van der Waals surface area contributed by atoms with Gasteiger partial charge in [-0.2, -0.15) is 5.10 Å². The van der Waals surface area contributed by atoms with Crippen molar-refractivity contribution in [3.63, 3.8) is 0 Å². The number of ether oxygens (including phenoxy) is 1. The van der Waals surface area contributed by atoms with Gasteiger partial charge in [0.2, 0.25) is 4.89 Å². The number of hydrogen-bond donors (Lipinski definition) is 0. The van der Waals surface area contributed by atoms with E-state index in [2.05, 4.69) is 12.0 Å². The van der Waals surface area contributed by atoms with Crippen molar-refractivity contribution in [3.05, 3.63) is 29.8 Å². The standard InChI is InChI=1S/C13H18Cl2N2OP2S2/c1-4-9-13(2,19-21)18-12-7-5-11(6-8-12)10-16-17(3)20(14,15)22/h5-8,10H,4,9H2,1-3H3/b16-10+. The quantitative estimate of drug-likeness (QED) is 0.297. The van der Waals surface area contributed by atoms with Crippen molar-refractivity contribution in [2.75, 3.05) is 7.05 Å². The first kappa shape index (κ1) is 20.3. The number of halogens is 2. The number of benzene rings is 1. The average molecular weight is 415 g/mol. The molecule has 0 amide bonds. The predicted molar refractivity (Wildman–Crippen MR) is 106 cm³/mol. The molecule has 1 unspecified atom stereocenters. The van der Waals surface area contributed by atoms with E-state index in [4.69, 9.17) is 50.8 Å². The van der Waals surface area contributed by atoms with Crippen LogP contribution in [0.5, 0.6) is 5.75 Å². The molecule has 0 saturated carbocycles.